The predicted octanol–water partition coefficient (Wildman–Crippen LogP) is 2.31. The topological polar surface area (TPSA) is 53.0 Å². The van der Waals surface area contributed by atoms with Gasteiger partial charge in [-0.2, -0.15) is 0 Å². The largest absolute Gasteiger partial charge is 0.550 e. The third kappa shape index (κ3) is 3.71. The lowest BCUT2D eigenvalue weighted by Crippen LogP contribution is -2.21. The molecule has 3 nitrogen and oxygen atoms in total. The SMILES string of the molecule is O=C([O-])CCCCSc1nc2ccccc2s1. The van der Waals surface area contributed by atoms with E-state index in [-0.39, 0.29) is 6.42 Å². The van der Waals surface area contributed by atoms with Gasteiger partial charge in [-0.3, -0.25) is 0 Å². The second kappa shape index (κ2) is 6.02. The third-order valence-electron chi connectivity index (χ3n) is 2.28. The lowest BCUT2D eigenvalue weighted by Gasteiger charge is -2.00. The van der Waals surface area contributed by atoms with Crippen LogP contribution in [0.5, 0.6) is 0 Å². The highest BCUT2D eigenvalue weighted by atomic mass is 32.2. The number of fused-ring (bicyclic) bond motifs is 1. The zero-order valence-electron chi connectivity index (χ0n) is 9.22. The molecule has 0 spiro atoms. The number of aliphatic carboxylic acids is 1. The number of carbonyl (C=O) groups is 1. The molecule has 1 heterocycles. The van der Waals surface area contributed by atoms with Crippen molar-refractivity contribution in [2.75, 3.05) is 5.75 Å². The van der Waals surface area contributed by atoms with Crippen molar-refractivity contribution in [1.29, 1.82) is 0 Å². The van der Waals surface area contributed by atoms with Gasteiger partial charge in [-0.25, -0.2) is 4.98 Å². The predicted molar refractivity (Wildman–Crippen MR) is 69.2 cm³/mol. The number of carbonyl (C=O) groups excluding carboxylic acids is 1. The molecule has 2 aromatic rings. The summed E-state index contributed by atoms with van der Waals surface area (Å²) in [5.74, 6) is -0.0532. The van der Waals surface area contributed by atoms with E-state index in [4.69, 9.17) is 0 Å². The first-order valence-corrected chi connectivity index (χ1v) is 7.24. The number of hydrogen-bond donors (Lipinski definition) is 0. The summed E-state index contributed by atoms with van der Waals surface area (Å²) in [5, 5.41) is 10.2. The van der Waals surface area contributed by atoms with Gasteiger partial charge < -0.3 is 9.90 Å². The quantitative estimate of drug-likeness (QED) is 0.594. The van der Waals surface area contributed by atoms with Crippen LogP contribution in [0.15, 0.2) is 28.6 Å². The minimum absolute atomic E-state index is 0.153. The molecular weight excluding hydrogens is 254 g/mol. The number of thiazole rings is 1. The molecule has 0 aliphatic carbocycles. The number of hydrogen-bond acceptors (Lipinski definition) is 5. The van der Waals surface area contributed by atoms with Gasteiger partial charge in [0.05, 0.1) is 10.2 Å². The summed E-state index contributed by atoms with van der Waals surface area (Å²) in [5.41, 5.74) is 1.04. The first-order valence-electron chi connectivity index (χ1n) is 5.44. The van der Waals surface area contributed by atoms with Crippen LogP contribution in [-0.4, -0.2) is 16.7 Å². The van der Waals surface area contributed by atoms with Crippen molar-refractivity contribution in [1.82, 2.24) is 4.98 Å². The highest BCUT2D eigenvalue weighted by molar-refractivity contribution is 8.01. The van der Waals surface area contributed by atoms with Crippen molar-refractivity contribution in [3.63, 3.8) is 0 Å². The van der Waals surface area contributed by atoms with Gasteiger partial charge in [0.15, 0.2) is 4.34 Å². The fourth-order valence-corrected chi connectivity index (χ4v) is 3.58. The van der Waals surface area contributed by atoms with Gasteiger partial charge in [0.2, 0.25) is 0 Å². The van der Waals surface area contributed by atoms with E-state index in [2.05, 4.69) is 11.1 Å². The molecule has 90 valence electrons. The average Bonchev–Trinajstić information content (AvgIpc) is 2.70. The van der Waals surface area contributed by atoms with Gasteiger partial charge >= 0.3 is 0 Å². The minimum atomic E-state index is -0.963. The molecule has 1 aromatic carbocycles. The number of benzene rings is 1. The van der Waals surface area contributed by atoms with Gasteiger partial charge in [0.1, 0.15) is 0 Å². The molecule has 0 N–H and O–H groups in total. The molecule has 5 heteroatoms. The third-order valence-corrected chi connectivity index (χ3v) is 4.54. The van der Waals surface area contributed by atoms with Crippen molar-refractivity contribution in [3.8, 4) is 0 Å². The minimum Gasteiger partial charge on any atom is -0.550 e. The summed E-state index contributed by atoms with van der Waals surface area (Å²) in [6.45, 7) is 0. The summed E-state index contributed by atoms with van der Waals surface area (Å²) in [6.07, 6.45) is 1.72. The average molecular weight is 266 g/mol. The van der Waals surface area contributed by atoms with Gasteiger partial charge in [-0.05, 0) is 31.4 Å². The second-order valence-electron chi connectivity index (χ2n) is 3.63. The zero-order valence-corrected chi connectivity index (χ0v) is 10.9. The number of thioether (sulfide) groups is 1. The molecule has 1 aromatic heterocycles. The molecular formula is C12H12NO2S2-. The van der Waals surface area contributed by atoms with Crippen LogP contribution in [0.2, 0.25) is 0 Å². The van der Waals surface area contributed by atoms with Gasteiger partial charge in [-0.1, -0.05) is 23.9 Å². The molecule has 2 rings (SSSR count). The van der Waals surface area contributed by atoms with Crippen LogP contribution < -0.4 is 5.11 Å². The molecule has 0 atom stereocenters. The zero-order chi connectivity index (χ0) is 12.1. The van der Waals surface area contributed by atoms with E-state index in [1.165, 1.54) is 4.70 Å². The van der Waals surface area contributed by atoms with Crippen molar-refractivity contribution in [3.05, 3.63) is 24.3 Å². The second-order valence-corrected chi connectivity index (χ2v) is 6.00. The molecule has 0 amide bonds. The number of aromatic nitrogens is 1. The molecule has 0 saturated heterocycles. The van der Waals surface area contributed by atoms with Crippen LogP contribution >= 0.6 is 23.1 Å². The van der Waals surface area contributed by atoms with E-state index >= 15 is 0 Å². The Kier molecular flexibility index (Phi) is 4.39. The van der Waals surface area contributed by atoms with E-state index in [9.17, 15) is 9.90 Å². The summed E-state index contributed by atoms with van der Waals surface area (Å²) >= 11 is 3.38. The maximum absolute atomic E-state index is 10.2. The van der Waals surface area contributed by atoms with E-state index in [0.29, 0.717) is 6.42 Å². The van der Waals surface area contributed by atoms with E-state index < -0.39 is 5.97 Å². The summed E-state index contributed by atoms with van der Waals surface area (Å²) in [6, 6.07) is 8.06. The van der Waals surface area contributed by atoms with Crippen LogP contribution in [0.3, 0.4) is 0 Å². The monoisotopic (exact) mass is 266 g/mol. The molecule has 0 radical (unpaired) electrons. The van der Waals surface area contributed by atoms with Crippen molar-refractivity contribution >= 4 is 39.3 Å². The lowest BCUT2D eigenvalue weighted by molar-refractivity contribution is -0.305. The number of carboxylic acid groups (broad SMARTS) is 1. The van der Waals surface area contributed by atoms with Crippen LogP contribution in [0.1, 0.15) is 19.3 Å². The highest BCUT2D eigenvalue weighted by Gasteiger charge is 2.02. The Bertz CT molecular complexity index is 477. The molecule has 0 fully saturated rings. The molecule has 0 aliphatic rings. The van der Waals surface area contributed by atoms with E-state index in [1.807, 2.05) is 18.2 Å². The Morgan fingerprint density at radius 2 is 2.18 bits per heavy atom. The highest BCUT2D eigenvalue weighted by Crippen LogP contribution is 2.29. The number of nitrogens with zero attached hydrogens (tertiary/aromatic N) is 1. The normalized spacial score (nSPS) is 10.8. The number of rotatable bonds is 6. The standard InChI is InChI=1S/C12H13NO2S2/c14-11(15)7-3-4-8-16-12-13-9-5-1-2-6-10(9)17-12/h1-2,5-6H,3-4,7-8H2,(H,14,15)/p-1. The lowest BCUT2D eigenvalue weighted by atomic mass is 10.3. The van der Waals surface area contributed by atoms with Crippen LogP contribution in [0, 0.1) is 0 Å². The Labute approximate surface area is 108 Å². The van der Waals surface area contributed by atoms with Gasteiger partial charge in [0.25, 0.3) is 0 Å². The Hall–Kier alpha value is -1.07. The number of para-hydroxylation sites is 1. The van der Waals surface area contributed by atoms with Crippen LogP contribution in [0.25, 0.3) is 10.2 Å². The smallest absolute Gasteiger partial charge is 0.151 e. The molecule has 0 aliphatic heterocycles. The summed E-state index contributed by atoms with van der Waals surface area (Å²) in [4.78, 5) is 14.7. The first-order chi connectivity index (χ1) is 8.25. The van der Waals surface area contributed by atoms with Gasteiger partial charge in [0, 0.05) is 11.7 Å². The Morgan fingerprint density at radius 1 is 1.35 bits per heavy atom. The number of unbranched alkanes of at least 4 members (excludes halogenated alkanes) is 1. The maximum Gasteiger partial charge on any atom is 0.151 e. The van der Waals surface area contributed by atoms with E-state index in [1.54, 1.807) is 23.1 Å². The summed E-state index contributed by atoms with van der Waals surface area (Å²) < 4.78 is 2.25. The fourth-order valence-electron chi connectivity index (χ4n) is 1.44. The maximum atomic E-state index is 10.2. The number of carboxylic acids is 1. The van der Waals surface area contributed by atoms with E-state index in [0.717, 1.165) is 22.0 Å². The van der Waals surface area contributed by atoms with Crippen LogP contribution in [0.4, 0.5) is 0 Å². The molecule has 17 heavy (non-hydrogen) atoms. The van der Waals surface area contributed by atoms with Crippen molar-refractivity contribution < 1.29 is 9.90 Å². The fraction of sp³-hybridized carbons (Fsp3) is 0.333. The molecule has 0 saturated carbocycles. The first kappa shape index (κ1) is 12.4. The van der Waals surface area contributed by atoms with Gasteiger partial charge in [-0.15, -0.1) is 11.3 Å². The Balaban J connectivity index is 1.81. The Morgan fingerprint density at radius 3 is 2.94 bits per heavy atom. The summed E-state index contributed by atoms with van der Waals surface area (Å²) in [7, 11) is 0. The van der Waals surface area contributed by atoms with Crippen LogP contribution in [-0.2, 0) is 4.79 Å². The molecule has 0 bridgehead atoms. The molecule has 0 unspecified atom stereocenters. The van der Waals surface area contributed by atoms with Crippen molar-refractivity contribution in [2.24, 2.45) is 0 Å². The van der Waals surface area contributed by atoms with Crippen molar-refractivity contribution in [2.45, 2.75) is 23.6 Å².